The SMILES string of the molecule is CCc1ccc(C(C(=O)NCC(=O)OC)N(C(=O)C(CS)NC(=O)OC(C)(C)C)C(C)CCC(C)C)cc1. The zero-order valence-electron chi connectivity index (χ0n) is 24.0. The van der Waals surface area contributed by atoms with Gasteiger partial charge in [0.05, 0.1) is 7.11 Å². The number of thiol groups is 1. The Morgan fingerprint density at radius 3 is 2.11 bits per heavy atom. The zero-order valence-corrected chi connectivity index (χ0v) is 24.9. The summed E-state index contributed by atoms with van der Waals surface area (Å²) in [5.41, 5.74) is 0.910. The van der Waals surface area contributed by atoms with Gasteiger partial charge in [-0.3, -0.25) is 14.4 Å². The molecule has 0 fully saturated rings. The summed E-state index contributed by atoms with van der Waals surface area (Å²) in [4.78, 5) is 53.4. The molecule has 1 aromatic rings. The van der Waals surface area contributed by atoms with Crippen molar-refractivity contribution in [3.63, 3.8) is 0 Å². The fraction of sp³-hybridized carbons (Fsp3) is 0.643. The van der Waals surface area contributed by atoms with E-state index in [2.05, 4.69) is 41.8 Å². The van der Waals surface area contributed by atoms with E-state index in [0.717, 1.165) is 18.4 Å². The number of hydrogen-bond donors (Lipinski definition) is 3. The summed E-state index contributed by atoms with van der Waals surface area (Å²) in [6.07, 6.45) is 1.51. The third-order valence-electron chi connectivity index (χ3n) is 5.93. The Kier molecular flexibility index (Phi) is 13.7. The van der Waals surface area contributed by atoms with Gasteiger partial charge in [-0.1, -0.05) is 45.0 Å². The number of esters is 1. The molecule has 0 bridgehead atoms. The molecule has 1 rings (SSSR count). The number of nitrogens with one attached hydrogen (secondary N) is 2. The molecule has 3 amide bonds. The summed E-state index contributed by atoms with van der Waals surface area (Å²) in [6.45, 7) is 12.9. The number of carbonyl (C=O) groups is 4. The maximum atomic E-state index is 14.0. The van der Waals surface area contributed by atoms with Gasteiger partial charge in [0.15, 0.2) is 0 Å². The lowest BCUT2D eigenvalue weighted by Gasteiger charge is -2.38. The fourth-order valence-corrected chi connectivity index (χ4v) is 4.08. The molecule has 0 saturated carbocycles. The lowest BCUT2D eigenvalue weighted by atomic mass is 9.96. The number of amides is 3. The molecule has 0 aliphatic heterocycles. The molecule has 0 aliphatic rings. The Morgan fingerprint density at radius 1 is 1.03 bits per heavy atom. The summed E-state index contributed by atoms with van der Waals surface area (Å²) < 4.78 is 10.0. The predicted octanol–water partition coefficient (Wildman–Crippen LogP) is 4.06. The Bertz CT molecular complexity index is 930. The van der Waals surface area contributed by atoms with Crippen LogP contribution in [0.25, 0.3) is 0 Å². The van der Waals surface area contributed by atoms with Gasteiger partial charge in [-0.25, -0.2) is 4.79 Å². The zero-order chi connectivity index (χ0) is 29.0. The minimum absolute atomic E-state index is 0.00323. The predicted molar refractivity (Wildman–Crippen MR) is 151 cm³/mol. The van der Waals surface area contributed by atoms with E-state index in [1.807, 2.05) is 38.1 Å². The van der Waals surface area contributed by atoms with Crippen molar-refractivity contribution in [3.05, 3.63) is 35.4 Å². The monoisotopic (exact) mass is 551 g/mol. The standard InChI is InChI=1S/C28H45N3O6S/c1-9-20-12-14-21(15-13-20)24(25(33)29-16-23(32)36-8)31(19(4)11-10-18(2)3)26(34)22(17-38)30-27(35)37-28(5,6)7/h12-15,18-19,22,24,38H,9-11,16-17H2,1-8H3,(H,29,33)(H,30,35). The van der Waals surface area contributed by atoms with Gasteiger partial charge in [0.2, 0.25) is 11.8 Å². The fourth-order valence-electron chi connectivity index (χ4n) is 3.83. The van der Waals surface area contributed by atoms with Gasteiger partial charge >= 0.3 is 12.1 Å². The highest BCUT2D eigenvalue weighted by Gasteiger charge is 2.38. The normalized spacial score (nSPS) is 13.7. The van der Waals surface area contributed by atoms with Gasteiger partial charge in [-0.05, 0) is 64.0 Å². The van der Waals surface area contributed by atoms with Crippen LogP contribution < -0.4 is 10.6 Å². The van der Waals surface area contributed by atoms with Gasteiger partial charge in [0, 0.05) is 11.8 Å². The van der Waals surface area contributed by atoms with E-state index < -0.39 is 41.6 Å². The van der Waals surface area contributed by atoms with E-state index in [1.54, 1.807) is 20.8 Å². The van der Waals surface area contributed by atoms with Gasteiger partial charge < -0.3 is 25.0 Å². The van der Waals surface area contributed by atoms with Crippen molar-refractivity contribution in [2.24, 2.45) is 5.92 Å². The number of hydrogen-bond acceptors (Lipinski definition) is 7. The maximum Gasteiger partial charge on any atom is 0.408 e. The van der Waals surface area contributed by atoms with E-state index in [9.17, 15) is 19.2 Å². The van der Waals surface area contributed by atoms with Crippen LogP contribution in [0.2, 0.25) is 0 Å². The van der Waals surface area contributed by atoms with Crippen LogP contribution in [0, 0.1) is 5.92 Å². The molecule has 3 unspecified atom stereocenters. The van der Waals surface area contributed by atoms with Crippen molar-refractivity contribution in [2.75, 3.05) is 19.4 Å². The minimum Gasteiger partial charge on any atom is -0.468 e. The molecule has 38 heavy (non-hydrogen) atoms. The molecule has 0 aliphatic carbocycles. The third-order valence-corrected chi connectivity index (χ3v) is 6.29. The van der Waals surface area contributed by atoms with Crippen molar-refractivity contribution in [2.45, 2.75) is 91.5 Å². The summed E-state index contributed by atoms with van der Waals surface area (Å²) in [5, 5.41) is 5.22. The van der Waals surface area contributed by atoms with Crippen LogP contribution in [0.15, 0.2) is 24.3 Å². The molecule has 0 radical (unpaired) electrons. The first-order valence-corrected chi connectivity index (χ1v) is 13.7. The molecule has 0 saturated heterocycles. The highest BCUT2D eigenvalue weighted by atomic mass is 32.1. The highest BCUT2D eigenvalue weighted by molar-refractivity contribution is 7.80. The van der Waals surface area contributed by atoms with Crippen molar-refractivity contribution in [3.8, 4) is 0 Å². The molecule has 9 nitrogen and oxygen atoms in total. The maximum absolute atomic E-state index is 14.0. The van der Waals surface area contributed by atoms with E-state index in [0.29, 0.717) is 17.9 Å². The van der Waals surface area contributed by atoms with Gasteiger partial charge in [-0.15, -0.1) is 0 Å². The Hall–Kier alpha value is -2.75. The number of ether oxygens (including phenoxy) is 2. The number of alkyl carbamates (subject to hydrolysis) is 1. The number of carbonyl (C=O) groups excluding carboxylic acids is 4. The lowest BCUT2D eigenvalue weighted by Crippen LogP contribution is -2.56. The molecule has 0 spiro atoms. The second kappa shape index (κ2) is 15.6. The van der Waals surface area contributed by atoms with Gasteiger partial charge in [0.25, 0.3) is 0 Å². The van der Waals surface area contributed by atoms with Crippen LogP contribution in [-0.2, 0) is 30.3 Å². The molecule has 0 aromatic heterocycles. The second-order valence-corrected chi connectivity index (χ2v) is 11.1. The number of nitrogens with zero attached hydrogens (tertiary/aromatic N) is 1. The van der Waals surface area contributed by atoms with E-state index in [-0.39, 0.29) is 18.3 Å². The van der Waals surface area contributed by atoms with Crippen molar-refractivity contribution in [1.29, 1.82) is 0 Å². The minimum atomic E-state index is -1.05. The van der Waals surface area contributed by atoms with Crippen LogP contribution in [0.5, 0.6) is 0 Å². The third kappa shape index (κ3) is 10.9. The summed E-state index contributed by atoms with van der Waals surface area (Å²) in [6, 6.07) is 4.98. The van der Waals surface area contributed by atoms with Crippen LogP contribution in [0.4, 0.5) is 4.79 Å². The van der Waals surface area contributed by atoms with Crippen LogP contribution in [0.1, 0.15) is 78.5 Å². The average Bonchev–Trinajstić information content (AvgIpc) is 2.85. The van der Waals surface area contributed by atoms with Crippen LogP contribution in [0.3, 0.4) is 0 Å². The van der Waals surface area contributed by atoms with E-state index in [4.69, 9.17) is 4.74 Å². The Labute approximate surface area is 232 Å². The number of methoxy groups -OCH3 is 1. The van der Waals surface area contributed by atoms with E-state index >= 15 is 0 Å². The number of rotatable bonds is 13. The quantitative estimate of drug-likeness (QED) is 0.252. The summed E-state index contributed by atoms with van der Waals surface area (Å²) >= 11 is 4.32. The lowest BCUT2D eigenvalue weighted by molar-refractivity contribution is -0.146. The summed E-state index contributed by atoms with van der Waals surface area (Å²) in [7, 11) is 1.24. The van der Waals surface area contributed by atoms with Crippen molar-refractivity contribution < 1.29 is 28.7 Å². The molecular weight excluding hydrogens is 506 g/mol. The van der Waals surface area contributed by atoms with Gasteiger partial charge in [0.1, 0.15) is 24.2 Å². The van der Waals surface area contributed by atoms with Crippen LogP contribution in [-0.4, -0.2) is 65.9 Å². The summed E-state index contributed by atoms with van der Waals surface area (Å²) in [5.74, 6) is -1.23. The first kappa shape index (κ1) is 33.3. The number of aryl methyl sites for hydroxylation is 1. The molecule has 0 heterocycles. The molecule has 1 aromatic carbocycles. The topological polar surface area (TPSA) is 114 Å². The first-order chi connectivity index (χ1) is 17.7. The van der Waals surface area contributed by atoms with Crippen LogP contribution >= 0.6 is 12.6 Å². The molecule has 10 heteroatoms. The average molecular weight is 552 g/mol. The smallest absolute Gasteiger partial charge is 0.408 e. The van der Waals surface area contributed by atoms with E-state index in [1.165, 1.54) is 12.0 Å². The Morgan fingerprint density at radius 2 is 1.63 bits per heavy atom. The molecular formula is C28H45N3O6S. The molecule has 2 N–H and O–H groups in total. The van der Waals surface area contributed by atoms with Crippen molar-refractivity contribution in [1.82, 2.24) is 15.5 Å². The highest BCUT2D eigenvalue weighted by Crippen LogP contribution is 2.28. The second-order valence-electron chi connectivity index (χ2n) is 10.7. The van der Waals surface area contributed by atoms with Gasteiger partial charge in [-0.2, -0.15) is 12.6 Å². The first-order valence-electron chi connectivity index (χ1n) is 13.1. The number of benzene rings is 1. The Balaban J connectivity index is 3.53. The molecule has 3 atom stereocenters. The largest absolute Gasteiger partial charge is 0.468 e. The van der Waals surface area contributed by atoms with Crippen molar-refractivity contribution >= 4 is 36.5 Å². The molecule has 214 valence electrons.